The largest absolute Gasteiger partial charge is 0.471 e. The van der Waals surface area contributed by atoms with Crippen molar-refractivity contribution in [3.8, 4) is 0 Å². The van der Waals surface area contributed by atoms with Crippen LogP contribution >= 0.6 is 0 Å². The minimum Gasteiger partial charge on any atom is -0.318 e. The molecule has 16 heavy (non-hydrogen) atoms. The van der Waals surface area contributed by atoms with Crippen LogP contribution in [-0.4, -0.2) is 12.1 Å². The first kappa shape index (κ1) is 14.5. The van der Waals surface area contributed by atoms with Crippen molar-refractivity contribution in [2.24, 2.45) is 0 Å². The van der Waals surface area contributed by atoms with Crippen LogP contribution in [-0.2, 0) is 4.79 Å². The summed E-state index contributed by atoms with van der Waals surface area (Å²) in [6, 6.07) is 6.27. The van der Waals surface area contributed by atoms with Gasteiger partial charge >= 0.3 is 12.1 Å². The Morgan fingerprint density at radius 3 is 2.12 bits per heavy atom. The van der Waals surface area contributed by atoms with Crippen LogP contribution in [0.3, 0.4) is 0 Å². The lowest BCUT2D eigenvalue weighted by atomic mass is 10.2. The highest BCUT2D eigenvalue weighted by molar-refractivity contribution is 5.95. The van der Waals surface area contributed by atoms with Crippen molar-refractivity contribution in [1.29, 1.82) is 0 Å². The van der Waals surface area contributed by atoms with Gasteiger partial charge in [0.05, 0.1) is 0 Å². The zero-order valence-electron chi connectivity index (χ0n) is 9.35. The van der Waals surface area contributed by atoms with E-state index in [0.29, 0.717) is 5.56 Å². The van der Waals surface area contributed by atoms with Gasteiger partial charge in [0.2, 0.25) is 0 Å². The van der Waals surface area contributed by atoms with Crippen LogP contribution in [0.2, 0.25) is 0 Å². The Morgan fingerprint density at radius 2 is 1.69 bits per heavy atom. The fourth-order valence-electron chi connectivity index (χ4n) is 0.906. The molecule has 90 valence electrons. The summed E-state index contributed by atoms with van der Waals surface area (Å²) in [5.74, 6) is -1.95. The molecule has 1 amide bonds. The fourth-order valence-corrected chi connectivity index (χ4v) is 0.906. The number of rotatable bonds is 1. The Balaban J connectivity index is 0.00000106. The molecule has 0 saturated carbocycles. The lowest BCUT2D eigenvalue weighted by molar-refractivity contribution is -0.167. The van der Waals surface area contributed by atoms with Crippen molar-refractivity contribution < 1.29 is 18.0 Å². The maximum Gasteiger partial charge on any atom is 0.471 e. The quantitative estimate of drug-likeness (QED) is 0.790. The molecule has 5 heteroatoms. The third-order valence-electron chi connectivity index (χ3n) is 1.65. The molecule has 0 aliphatic heterocycles. The molecule has 0 heterocycles. The van der Waals surface area contributed by atoms with Crippen molar-refractivity contribution in [2.45, 2.75) is 26.9 Å². The van der Waals surface area contributed by atoms with E-state index >= 15 is 0 Å². The summed E-state index contributed by atoms with van der Waals surface area (Å²) < 4.78 is 35.6. The normalized spacial score (nSPS) is 10.1. The standard InChI is InChI=1S/C9H8F3NO.C2H6/c1-6-4-2-3-5-7(6)13-8(14)9(10,11)12;1-2/h2-5H,1H3,(H,13,14);1-2H3. The zero-order chi connectivity index (χ0) is 12.8. The van der Waals surface area contributed by atoms with E-state index in [9.17, 15) is 18.0 Å². The van der Waals surface area contributed by atoms with Gasteiger partial charge in [0.25, 0.3) is 0 Å². The zero-order valence-corrected chi connectivity index (χ0v) is 9.35. The van der Waals surface area contributed by atoms with Crippen LogP contribution in [0, 0.1) is 6.92 Å². The van der Waals surface area contributed by atoms with E-state index in [-0.39, 0.29) is 5.69 Å². The Labute approximate surface area is 92.5 Å². The van der Waals surface area contributed by atoms with Crippen LogP contribution in [0.1, 0.15) is 19.4 Å². The molecule has 2 nitrogen and oxygen atoms in total. The van der Waals surface area contributed by atoms with Crippen LogP contribution < -0.4 is 5.32 Å². The summed E-state index contributed by atoms with van der Waals surface area (Å²) in [7, 11) is 0. The van der Waals surface area contributed by atoms with Crippen molar-refractivity contribution in [3.05, 3.63) is 29.8 Å². The number of hydrogen-bond donors (Lipinski definition) is 1. The van der Waals surface area contributed by atoms with E-state index in [1.54, 1.807) is 30.4 Å². The van der Waals surface area contributed by atoms with Gasteiger partial charge in [-0.2, -0.15) is 13.2 Å². The molecule has 0 saturated heterocycles. The smallest absolute Gasteiger partial charge is 0.318 e. The Bertz CT molecular complexity index is 347. The first-order valence-corrected chi connectivity index (χ1v) is 4.85. The second kappa shape index (κ2) is 6.15. The number of anilines is 1. The number of benzene rings is 1. The Morgan fingerprint density at radius 1 is 1.19 bits per heavy atom. The number of carbonyl (C=O) groups is 1. The van der Waals surface area contributed by atoms with Gasteiger partial charge in [-0.05, 0) is 18.6 Å². The van der Waals surface area contributed by atoms with Gasteiger partial charge in [-0.3, -0.25) is 4.79 Å². The Kier molecular flexibility index (Phi) is 5.56. The molecular formula is C11H14F3NO. The van der Waals surface area contributed by atoms with Crippen LogP contribution in [0.4, 0.5) is 18.9 Å². The minimum atomic E-state index is -4.84. The number of halogens is 3. The monoisotopic (exact) mass is 233 g/mol. The SMILES string of the molecule is CC.Cc1ccccc1NC(=O)C(F)(F)F. The van der Waals surface area contributed by atoms with Gasteiger partial charge < -0.3 is 5.32 Å². The molecule has 0 radical (unpaired) electrons. The van der Waals surface area contributed by atoms with Crippen LogP contribution in [0.15, 0.2) is 24.3 Å². The van der Waals surface area contributed by atoms with E-state index in [1.807, 2.05) is 13.8 Å². The molecule has 0 spiro atoms. The average molecular weight is 233 g/mol. The van der Waals surface area contributed by atoms with E-state index in [1.165, 1.54) is 6.07 Å². The maximum atomic E-state index is 11.9. The van der Waals surface area contributed by atoms with Gasteiger partial charge in [0.1, 0.15) is 0 Å². The van der Waals surface area contributed by atoms with Gasteiger partial charge in [-0.15, -0.1) is 0 Å². The lowest BCUT2D eigenvalue weighted by Gasteiger charge is -2.09. The van der Waals surface area contributed by atoms with Gasteiger partial charge in [0, 0.05) is 5.69 Å². The number of para-hydroxylation sites is 1. The van der Waals surface area contributed by atoms with Crippen molar-refractivity contribution in [1.82, 2.24) is 0 Å². The van der Waals surface area contributed by atoms with E-state index in [4.69, 9.17) is 0 Å². The van der Waals surface area contributed by atoms with Crippen molar-refractivity contribution >= 4 is 11.6 Å². The second-order valence-electron chi connectivity index (χ2n) is 2.77. The molecule has 0 bridgehead atoms. The Hall–Kier alpha value is -1.52. The molecular weight excluding hydrogens is 219 g/mol. The number of alkyl halides is 3. The molecule has 0 aliphatic rings. The van der Waals surface area contributed by atoms with Crippen molar-refractivity contribution in [3.63, 3.8) is 0 Å². The molecule has 0 atom stereocenters. The van der Waals surface area contributed by atoms with Crippen LogP contribution in [0.5, 0.6) is 0 Å². The van der Waals surface area contributed by atoms with E-state index in [0.717, 1.165) is 0 Å². The van der Waals surface area contributed by atoms with Crippen LogP contribution in [0.25, 0.3) is 0 Å². The number of nitrogens with one attached hydrogen (secondary N) is 1. The number of amides is 1. The van der Waals surface area contributed by atoms with Crippen molar-refractivity contribution in [2.75, 3.05) is 5.32 Å². The molecule has 1 N–H and O–H groups in total. The highest BCUT2D eigenvalue weighted by Gasteiger charge is 2.38. The lowest BCUT2D eigenvalue weighted by Crippen LogP contribution is -2.30. The molecule has 1 rings (SSSR count). The van der Waals surface area contributed by atoms with E-state index in [2.05, 4.69) is 0 Å². The summed E-state index contributed by atoms with van der Waals surface area (Å²) in [5.41, 5.74) is 0.764. The predicted octanol–water partition coefficient (Wildman–Crippen LogP) is 3.52. The first-order chi connectivity index (χ1) is 7.41. The molecule has 1 aromatic carbocycles. The summed E-state index contributed by atoms with van der Waals surface area (Å²) in [4.78, 5) is 10.6. The average Bonchev–Trinajstić information content (AvgIpc) is 2.23. The van der Waals surface area contributed by atoms with Gasteiger partial charge in [-0.1, -0.05) is 32.0 Å². The minimum absolute atomic E-state index is 0.176. The fraction of sp³-hybridized carbons (Fsp3) is 0.364. The van der Waals surface area contributed by atoms with E-state index < -0.39 is 12.1 Å². The summed E-state index contributed by atoms with van der Waals surface area (Å²) in [5, 5.41) is 1.79. The first-order valence-electron chi connectivity index (χ1n) is 4.85. The van der Waals surface area contributed by atoms with Gasteiger partial charge in [0.15, 0.2) is 0 Å². The summed E-state index contributed by atoms with van der Waals surface area (Å²) in [6.07, 6.45) is -4.84. The number of aryl methyl sites for hydroxylation is 1. The topological polar surface area (TPSA) is 29.1 Å². The number of hydrogen-bond acceptors (Lipinski definition) is 1. The predicted molar refractivity (Wildman–Crippen MR) is 57.2 cm³/mol. The highest BCUT2D eigenvalue weighted by atomic mass is 19.4. The number of carbonyl (C=O) groups excluding carboxylic acids is 1. The maximum absolute atomic E-state index is 11.9. The molecule has 0 unspecified atom stereocenters. The molecule has 0 aromatic heterocycles. The molecule has 1 aromatic rings. The third kappa shape index (κ3) is 4.33. The van der Waals surface area contributed by atoms with Gasteiger partial charge in [-0.25, -0.2) is 0 Å². The highest BCUT2D eigenvalue weighted by Crippen LogP contribution is 2.19. The molecule has 0 aliphatic carbocycles. The summed E-state index contributed by atoms with van der Waals surface area (Å²) in [6.45, 7) is 5.62. The molecule has 0 fully saturated rings. The third-order valence-corrected chi connectivity index (χ3v) is 1.65. The summed E-state index contributed by atoms with van der Waals surface area (Å²) >= 11 is 0. The second-order valence-corrected chi connectivity index (χ2v) is 2.77.